The zero-order chi connectivity index (χ0) is 23.8. The van der Waals surface area contributed by atoms with Crippen LogP contribution in [0.3, 0.4) is 0 Å². The lowest BCUT2D eigenvalue weighted by molar-refractivity contribution is -0.150. The predicted molar refractivity (Wildman–Crippen MR) is 108 cm³/mol. The molecule has 0 radical (unpaired) electrons. The van der Waals surface area contributed by atoms with Gasteiger partial charge in [0.15, 0.2) is 6.10 Å². The van der Waals surface area contributed by atoms with Gasteiger partial charge in [0.25, 0.3) is 10.0 Å². The van der Waals surface area contributed by atoms with Gasteiger partial charge in [-0.15, -0.1) is 0 Å². The molecule has 1 heterocycles. The van der Waals surface area contributed by atoms with Crippen LogP contribution in [0.1, 0.15) is 19.4 Å². The zero-order valence-electron chi connectivity index (χ0n) is 17.2. The normalized spacial score (nSPS) is 16.4. The van der Waals surface area contributed by atoms with E-state index >= 15 is 0 Å². The van der Waals surface area contributed by atoms with E-state index in [2.05, 4.69) is 0 Å². The lowest BCUT2D eigenvalue weighted by Gasteiger charge is -2.34. The second-order valence-corrected chi connectivity index (χ2v) is 8.55. The van der Waals surface area contributed by atoms with E-state index in [4.69, 9.17) is 9.47 Å². The summed E-state index contributed by atoms with van der Waals surface area (Å²) in [6.07, 6.45) is -5.58. The number of esters is 1. The summed E-state index contributed by atoms with van der Waals surface area (Å²) in [7, 11) is -3.11. The molecule has 0 N–H and O–H groups in total. The van der Waals surface area contributed by atoms with Crippen LogP contribution in [-0.2, 0) is 25.7 Å². The molecule has 1 aliphatic heterocycles. The highest BCUT2D eigenvalue weighted by molar-refractivity contribution is 7.94. The molecule has 32 heavy (non-hydrogen) atoms. The zero-order valence-corrected chi connectivity index (χ0v) is 18.0. The summed E-state index contributed by atoms with van der Waals surface area (Å²) in [6.45, 7) is 3.25. The van der Waals surface area contributed by atoms with E-state index in [-0.39, 0.29) is 28.6 Å². The summed E-state index contributed by atoms with van der Waals surface area (Å²) < 4.78 is 75.4. The summed E-state index contributed by atoms with van der Waals surface area (Å²) in [5, 5.41) is 0. The number of hydrogen-bond acceptors (Lipinski definition) is 6. The largest absolute Gasteiger partial charge is 0.479 e. The van der Waals surface area contributed by atoms with Gasteiger partial charge in [0.05, 0.1) is 23.5 Å². The fraction of sp³-hybridized carbons (Fsp3) is 0.300. The van der Waals surface area contributed by atoms with Gasteiger partial charge in [-0.25, -0.2) is 18.0 Å². The number of benzene rings is 2. The molecule has 0 aliphatic carbocycles. The topological polar surface area (TPSA) is 93.2 Å². The Bertz CT molecular complexity index is 1150. The van der Waals surface area contributed by atoms with E-state index in [1.165, 1.54) is 32.2 Å². The highest BCUT2D eigenvalue weighted by Gasteiger charge is 2.42. The van der Waals surface area contributed by atoms with Gasteiger partial charge in [-0.2, -0.15) is 17.5 Å². The van der Waals surface area contributed by atoms with E-state index in [0.717, 1.165) is 17.0 Å². The molecule has 8 nitrogen and oxygen atoms in total. The summed E-state index contributed by atoms with van der Waals surface area (Å²) in [5.74, 6) is -0.488. The number of ether oxygens (including phenoxy) is 2. The first kappa shape index (κ1) is 23.4. The van der Waals surface area contributed by atoms with Gasteiger partial charge in [0, 0.05) is 13.1 Å². The van der Waals surface area contributed by atoms with Gasteiger partial charge in [0.2, 0.25) is 0 Å². The molecule has 1 atom stereocenters. The van der Waals surface area contributed by atoms with Crippen molar-refractivity contribution in [3.05, 3.63) is 48.0 Å². The number of carbonyl (C=O) groups is 2. The minimum Gasteiger partial charge on any atom is -0.479 e. The summed E-state index contributed by atoms with van der Waals surface area (Å²) in [5.41, 5.74) is -1.22. The number of nitrogens with zero attached hydrogens (tertiary/aromatic N) is 2. The maximum Gasteiger partial charge on any atom is 0.416 e. The van der Waals surface area contributed by atoms with E-state index < -0.39 is 39.9 Å². The summed E-state index contributed by atoms with van der Waals surface area (Å²) in [6, 6.07) is 6.00. The Morgan fingerprint density at radius 1 is 1.12 bits per heavy atom. The number of halogens is 3. The van der Waals surface area contributed by atoms with Gasteiger partial charge >= 0.3 is 18.2 Å². The Hall–Kier alpha value is -3.28. The van der Waals surface area contributed by atoms with Crippen molar-refractivity contribution >= 4 is 33.4 Å². The quantitative estimate of drug-likeness (QED) is 0.615. The number of sulfonamides is 1. The third kappa shape index (κ3) is 4.22. The van der Waals surface area contributed by atoms with Crippen LogP contribution in [0.2, 0.25) is 0 Å². The van der Waals surface area contributed by atoms with Gasteiger partial charge in [-0.1, -0.05) is 0 Å². The Kier molecular flexibility index (Phi) is 6.09. The molecule has 0 aromatic heterocycles. The third-order valence-electron chi connectivity index (χ3n) is 4.63. The fourth-order valence-electron chi connectivity index (χ4n) is 3.04. The van der Waals surface area contributed by atoms with Gasteiger partial charge in [-0.3, -0.25) is 4.90 Å². The van der Waals surface area contributed by atoms with Crippen molar-refractivity contribution in [1.29, 1.82) is 0 Å². The molecule has 172 valence electrons. The first-order valence-corrected chi connectivity index (χ1v) is 10.8. The van der Waals surface area contributed by atoms with E-state index in [0.29, 0.717) is 16.4 Å². The van der Waals surface area contributed by atoms with Crippen LogP contribution in [0.5, 0.6) is 5.75 Å². The molecule has 0 bridgehead atoms. The molecule has 2 amide bonds. The monoisotopic (exact) mass is 472 g/mol. The molecular weight excluding hydrogens is 453 g/mol. The lowest BCUT2D eigenvalue weighted by Crippen LogP contribution is -2.49. The van der Waals surface area contributed by atoms with Crippen molar-refractivity contribution in [2.45, 2.75) is 31.0 Å². The van der Waals surface area contributed by atoms with Crippen molar-refractivity contribution < 1.29 is 40.7 Å². The van der Waals surface area contributed by atoms with Crippen LogP contribution < -0.4 is 13.9 Å². The van der Waals surface area contributed by atoms with Gasteiger partial charge in [-0.05, 0) is 50.2 Å². The van der Waals surface area contributed by atoms with Crippen molar-refractivity contribution in [2.75, 3.05) is 22.9 Å². The molecule has 1 unspecified atom stereocenters. The summed E-state index contributed by atoms with van der Waals surface area (Å²) in [4.78, 5) is 25.4. The minimum atomic E-state index is -4.61. The molecular formula is C20H19F3N2O6S. The van der Waals surface area contributed by atoms with Crippen molar-refractivity contribution in [2.24, 2.45) is 0 Å². The number of amides is 2. The summed E-state index contributed by atoms with van der Waals surface area (Å²) >= 11 is 0. The second-order valence-electron chi connectivity index (χ2n) is 6.80. The molecule has 0 saturated carbocycles. The number of rotatable bonds is 5. The number of anilines is 2. The van der Waals surface area contributed by atoms with Crippen LogP contribution in [0.15, 0.2) is 47.4 Å². The average molecular weight is 472 g/mol. The molecule has 1 aliphatic rings. The Morgan fingerprint density at radius 3 is 2.31 bits per heavy atom. The molecule has 3 rings (SSSR count). The predicted octanol–water partition coefficient (Wildman–Crippen LogP) is 3.80. The maximum atomic E-state index is 13.1. The van der Waals surface area contributed by atoms with Gasteiger partial charge < -0.3 is 9.47 Å². The number of hydrogen-bond donors (Lipinski definition) is 0. The van der Waals surface area contributed by atoms with Crippen molar-refractivity contribution in [1.82, 2.24) is 0 Å². The van der Waals surface area contributed by atoms with Crippen LogP contribution in [0.25, 0.3) is 0 Å². The molecule has 0 saturated heterocycles. The standard InChI is InChI=1S/C20H19F3N2O6S/c1-4-30-18(26)12(2)31-15-9-10-17-16(11-15)24(3)19(27)25(32(17,28)29)14-7-5-13(6-8-14)20(21,22)23/h5-12H,4H2,1-3H3. The average Bonchev–Trinajstić information content (AvgIpc) is 2.72. The van der Waals surface area contributed by atoms with Crippen LogP contribution >= 0.6 is 0 Å². The van der Waals surface area contributed by atoms with E-state index in [1.54, 1.807) is 6.92 Å². The minimum absolute atomic E-state index is 0.00767. The SMILES string of the molecule is CCOC(=O)C(C)Oc1ccc2c(c1)N(C)C(=O)N(c1ccc(C(F)(F)F)cc1)S2(=O)=O. The molecule has 0 fully saturated rings. The Morgan fingerprint density at radius 2 is 1.75 bits per heavy atom. The maximum absolute atomic E-state index is 13.1. The van der Waals surface area contributed by atoms with Crippen LogP contribution in [0.4, 0.5) is 29.3 Å². The molecule has 2 aromatic rings. The smallest absolute Gasteiger partial charge is 0.416 e. The highest BCUT2D eigenvalue weighted by Crippen LogP contribution is 2.39. The number of urea groups is 1. The Labute approximate surface area is 182 Å². The number of alkyl halides is 3. The fourth-order valence-corrected chi connectivity index (χ4v) is 4.66. The molecule has 0 spiro atoms. The first-order valence-electron chi connectivity index (χ1n) is 9.35. The number of fused-ring (bicyclic) bond motifs is 1. The van der Waals surface area contributed by atoms with Gasteiger partial charge in [0.1, 0.15) is 10.6 Å². The van der Waals surface area contributed by atoms with E-state index in [1.807, 2.05) is 0 Å². The highest BCUT2D eigenvalue weighted by atomic mass is 32.2. The number of carbonyl (C=O) groups excluding carboxylic acids is 2. The van der Waals surface area contributed by atoms with Crippen molar-refractivity contribution in [3.8, 4) is 5.75 Å². The third-order valence-corrected chi connectivity index (χ3v) is 6.38. The van der Waals surface area contributed by atoms with Crippen LogP contribution in [0, 0.1) is 0 Å². The molecule has 12 heteroatoms. The first-order chi connectivity index (χ1) is 14.9. The lowest BCUT2D eigenvalue weighted by atomic mass is 10.2. The van der Waals surface area contributed by atoms with E-state index in [9.17, 15) is 31.2 Å². The second kappa shape index (κ2) is 8.34. The molecule has 2 aromatic carbocycles. The van der Waals surface area contributed by atoms with Crippen molar-refractivity contribution in [3.63, 3.8) is 0 Å². The van der Waals surface area contributed by atoms with Crippen LogP contribution in [-0.4, -0.2) is 40.2 Å². The Balaban J connectivity index is 1.98.